The molecule has 1 rings (SSSR count). The van der Waals surface area contributed by atoms with Gasteiger partial charge in [0.05, 0.1) is 5.70 Å². The Balaban J connectivity index is 2.92. The van der Waals surface area contributed by atoms with Gasteiger partial charge in [0.2, 0.25) is 0 Å². The smallest absolute Gasteiger partial charge is 0.136 e. The summed E-state index contributed by atoms with van der Waals surface area (Å²) in [7, 11) is 0. The second-order valence-corrected chi connectivity index (χ2v) is 5.29. The Morgan fingerprint density at radius 1 is 1.19 bits per heavy atom. The first-order chi connectivity index (χ1) is 10.1. The van der Waals surface area contributed by atoms with Gasteiger partial charge in [-0.05, 0) is 37.0 Å². The molecule has 0 atom stereocenters. The normalized spacial score (nSPS) is 12.4. The summed E-state index contributed by atoms with van der Waals surface area (Å²) in [5, 5.41) is 0. The summed E-state index contributed by atoms with van der Waals surface area (Å²) in [6.45, 7) is 9.92. The maximum Gasteiger partial charge on any atom is 0.136 e. The lowest BCUT2D eigenvalue weighted by molar-refractivity contribution is 0.134. The second kappa shape index (κ2) is 8.56. The third kappa shape index (κ3) is 4.96. The molecule has 0 radical (unpaired) electrons. The molecule has 0 heterocycles. The summed E-state index contributed by atoms with van der Waals surface area (Å²) in [4.78, 5) is 4.25. The van der Waals surface area contributed by atoms with Crippen molar-refractivity contribution in [1.82, 2.24) is 0 Å². The van der Waals surface area contributed by atoms with Crippen molar-refractivity contribution in [2.75, 3.05) is 0 Å². The molecular weight excluding hydrogens is 261 g/mol. The van der Waals surface area contributed by atoms with Gasteiger partial charge in [-0.2, -0.15) is 0 Å². The molecule has 21 heavy (non-hydrogen) atoms. The Morgan fingerprint density at radius 2 is 1.76 bits per heavy atom. The fraction of sp³-hybridized carbons (Fsp3) is 0.421. The zero-order valence-electron chi connectivity index (χ0n) is 13.4. The first-order valence-corrected chi connectivity index (χ1v) is 7.71. The van der Waals surface area contributed by atoms with Crippen LogP contribution in [0.25, 0.3) is 5.70 Å². The molecule has 0 aromatic heterocycles. The number of benzene rings is 1. The molecule has 0 amide bonds. The van der Waals surface area contributed by atoms with Gasteiger partial charge >= 0.3 is 0 Å². The van der Waals surface area contributed by atoms with Crippen molar-refractivity contribution in [2.24, 2.45) is 4.99 Å². The number of aliphatic imine (C=N–C) groups is 1. The SMILES string of the molecule is C=C(N=C/C=C\C)c1ccc(C(F)(CCC)CCC)cc1. The van der Waals surface area contributed by atoms with Crippen molar-refractivity contribution in [2.45, 2.75) is 52.1 Å². The van der Waals surface area contributed by atoms with E-state index < -0.39 is 5.67 Å². The fourth-order valence-corrected chi connectivity index (χ4v) is 2.46. The average Bonchev–Trinajstić information content (AvgIpc) is 2.48. The predicted molar refractivity (Wildman–Crippen MR) is 91.4 cm³/mol. The van der Waals surface area contributed by atoms with E-state index in [0.717, 1.165) is 24.0 Å². The molecule has 0 fully saturated rings. The van der Waals surface area contributed by atoms with Crippen LogP contribution in [0.3, 0.4) is 0 Å². The summed E-state index contributed by atoms with van der Waals surface area (Å²) in [5.74, 6) is 0. The number of nitrogens with zero attached hydrogens (tertiary/aromatic N) is 1. The Morgan fingerprint density at radius 3 is 2.24 bits per heavy atom. The largest absolute Gasteiger partial charge is 0.257 e. The number of rotatable bonds is 8. The maximum atomic E-state index is 15.0. The minimum absolute atomic E-state index is 0.570. The minimum atomic E-state index is -1.21. The van der Waals surface area contributed by atoms with Gasteiger partial charge in [-0.1, -0.05) is 63.6 Å². The monoisotopic (exact) mass is 287 g/mol. The van der Waals surface area contributed by atoms with Crippen LogP contribution in [0.5, 0.6) is 0 Å². The van der Waals surface area contributed by atoms with Gasteiger partial charge in [0.15, 0.2) is 0 Å². The summed E-state index contributed by atoms with van der Waals surface area (Å²) in [6, 6.07) is 7.56. The van der Waals surface area contributed by atoms with E-state index in [0.29, 0.717) is 18.5 Å². The first kappa shape index (κ1) is 17.4. The maximum absolute atomic E-state index is 15.0. The Bertz CT molecular complexity index is 491. The first-order valence-electron chi connectivity index (χ1n) is 7.71. The minimum Gasteiger partial charge on any atom is -0.257 e. The number of allylic oxidation sites excluding steroid dienone is 2. The molecule has 0 saturated heterocycles. The zero-order chi connectivity index (χ0) is 15.7. The van der Waals surface area contributed by atoms with Gasteiger partial charge in [-0.25, -0.2) is 4.39 Å². The van der Waals surface area contributed by atoms with Crippen LogP contribution in [-0.2, 0) is 5.67 Å². The molecule has 0 unspecified atom stereocenters. The zero-order valence-corrected chi connectivity index (χ0v) is 13.4. The number of halogens is 1. The highest BCUT2D eigenvalue weighted by Crippen LogP contribution is 2.36. The van der Waals surface area contributed by atoms with E-state index in [4.69, 9.17) is 0 Å². The molecule has 0 aliphatic rings. The highest BCUT2D eigenvalue weighted by atomic mass is 19.1. The van der Waals surface area contributed by atoms with Crippen molar-refractivity contribution in [3.8, 4) is 0 Å². The van der Waals surface area contributed by atoms with Gasteiger partial charge < -0.3 is 0 Å². The summed E-state index contributed by atoms with van der Waals surface area (Å²) in [5.41, 5.74) is 1.17. The highest BCUT2D eigenvalue weighted by Gasteiger charge is 2.29. The third-order valence-electron chi connectivity index (χ3n) is 3.54. The number of hydrogen-bond donors (Lipinski definition) is 0. The molecule has 1 aromatic carbocycles. The van der Waals surface area contributed by atoms with Gasteiger partial charge in [0.1, 0.15) is 5.67 Å². The third-order valence-corrected chi connectivity index (χ3v) is 3.54. The lowest BCUT2D eigenvalue weighted by Gasteiger charge is -2.25. The lowest BCUT2D eigenvalue weighted by Crippen LogP contribution is -2.19. The van der Waals surface area contributed by atoms with Gasteiger partial charge in [-0.3, -0.25) is 4.99 Å². The van der Waals surface area contributed by atoms with Crippen LogP contribution in [-0.4, -0.2) is 6.21 Å². The van der Waals surface area contributed by atoms with Crippen LogP contribution < -0.4 is 0 Å². The van der Waals surface area contributed by atoms with Crippen molar-refractivity contribution in [1.29, 1.82) is 0 Å². The molecule has 114 valence electrons. The highest BCUT2D eigenvalue weighted by molar-refractivity contribution is 5.79. The number of hydrogen-bond acceptors (Lipinski definition) is 1. The van der Waals surface area contributed by atoms with Gasteiger partial charge in [0, 0.05) is 6.21 Å². The van der Waals surface area contributed by atoms with Crippen LogP contribution in [0.1, 0.15) is 57.6 Å². The molecular formula is C19H26FN. The molecule has 0 spiro atoms. The van der Waals surface area contributed by atoms with Crippen molar-refractivity contribution < 1.29 is 4.39 Å². The molecule has 0 bridgehead atoms. The van der Waals surface area contributed by atoms with Crippen LogP contribution in [0.4, 0.5) is 4.39 Å². The lowest BCUT2D eigenvalue weighted by atomic mass is 9.86. The standard InChI is InChI=1S/C19H26FN/c1-5-8-15-21-16(4)17-9-11-18(12-10-17)19(20,13-6-2)14-7-3/h5,8-12,15H,4,6-7,13-14H2,1-3H3/b8-5-,21-15?. The number of alkyl halides is 1. The Kier molecular flexibility index (Phi) is 7.07. The summed E-state index contributed by atoms with van der Waals surface area (Å²) >= 11 is 0. The van der Waals surface area contributed by atoms with E-state index in [2.05, 4.69) is 11.6 Å². The molecule has 0 aliphatic heterocycles. The molecule has 0 N–H and O–H groups in total. The van der Waals surface area contributed by atoms with E-state index >= 15 is 4.39 Å². The fourth-order valence-electron chi connectivity index (χ4n) is 2.46. The van der Waals surface area contributed by atoms with E-state index in [1.807, 2.05) is 57.2 Å². The van der Waals surface area contributed by atoms with E-state index in [9.17, 15) is 0 Å². The quantitative estimate of drug-likeness (QED) is 0.515. The van der Waals surface area contributed by atoms with Crippen LogP contribution in [0.2, 0.25) is 0 Å². The van der Waals surface area contributed by atoms with Gasteiger partial charge in [-0.15, -0.1) is 0 Å². The van der Waals surface area contributed by atoms with Crippen molar-refractivity contribution in [3.05, 3.63) is 54.1 Å². The second-order valence-electron chi connectivity index (χ2n) is 5.29. The predicted octanol–water partition coefficient (Wildman–Crippen LogP) is 6.07. The van der Waals surface area contributed by atoms with Crippen LogP contribution in [0, 0.1) is 0 Å². The molecule has 0 saturated carbocycles. The van der Waals surface area contributed by atoms with E-state index in [-0.39, 0.29) is 0 Å². The molecule has 1 aromatic rings. The average molecular weight is 287 g/mol. The summed E-state index contributed by atoms with van der Waals surface area (Å²) in [6.07, 6.45) is 8.31. The Hall–Kier alpha value is -1.70. The van der Waals surface area contributed by atoms with E-state index in [1.54, 1.807) is 6.21 Å². The molecule has 0 aliphatic carbocycles. The van der Waals surface area contributed by atoms with Gasteiger partial charge in [0.25, 0.3) is 0 Å². The van der Waals surface area contributed by atoms with Crippen molar-refractivity contribution in [3.63, 3.8) is 0 Å². The topological polar surface area (TPSA) is 12.4 Å². The molecule has 1 nitrogen and oxygen atoms in total. The van der Waals surface area contributed by atoms with Crippen LogP contribution >= 0.6 is 0 Å². The van der Waals surface area contributed by atoms with E-state index in [1.165, 1.54) is 0 Å². The summed E-state index contributed by atoms with van der Waals surface area (Å²) < 4.78 is 15.0. The molecule has 2 heteroatoms. The Labute approximate surface area is 128 Å². The van der Waals surface area contributed by atoms with Crippen molar-refractivity contribution >= 4 is 11.9 Å². The van der Waals surface area contributed by atoms with Crippen LogP contribution in [0.15, 0.2) is 48.0 Å².